The summed E-state index contributed by atoms with van der Waals surface area (Å²) in [6, 6.07) is 0. The van der Waals surface area contributed by atoms with E-state index in [-0.39, 0.29) is 45.1 Å². The second-order valence-corrected chi connectivity index (χ2v) is 1.58. The molecule has 9 nitrogen and oxygen atoms in total. The molecule has 0 spiro atoms. The fourth-order valence-electron chi connectivity index (χ4n) is 0. The zero-order valence-corrected chi connectivity index (χ0v) is 12.7. The first-order valence-corrected chi connectivity index (χ1v) is 2.66. The normalized spacial score (nSPS) is 6.83. The summed E-state index contributed by atoms with van der Waals surface area (Å²) in [7, 11) is -4.67. The van der Waals surface area contributed by atoms with Gasteiger partial charge in [-0.05, 0) is 0 Å². The Morgan fingerprint density at radius 1 is 1.17 bits per heavy atom. The summed E-state index contributed by atoms with van der Waals surface area (Å²) in [5.41, 5.74) is 0. The van der Waals surface area contributed by atoms with Crippen molar-refractivity contribution in [2.24, 2.45) is 0 Å². The minimum absolute atomic E-state index is 0. The van der Waals surface area contributed by atoms with Crippen molar-refractivity contribution in [2.45, 2.75) is 0 Å². The largest absolute Gasteiger partial charge is 0.394 e. The van der Waals surface area contributed by atoms with Crippen molar-refractivity contribution in [3.63, 3.8) is 0 Å². The molecule has 12 heavy (non-hydrogen) atoms. The average Bonchev–Trinajstić information content (AvgIpc) is 1.19. The smallest absolute Gasteiger partial charge is 0.344 e. The van der Waals surface area contributed by atoms with Crippen LogP contribution in [-0.2, 0) is 49.4 Å². The standard InChI is InChI=1S/HNO3.H3N.H2O4S.2Zn/c2-1(3)4;;1-5(2,3)4;;/h(H,2,3,4);1H3;(H2,1,2,3,4);;. The molecular formula is H6N2O7SZn2. The molecule has 0 aromatic heterocycles. The summed E-state index contributed by atoms with van der Waals surface area (Å²) in [6.45, 7) is 0. The molecule has 0 atom stereocenters. The first kappa shape index (κ1) is 29.5. The van der Waals surface area contributed by atoms with E-state index in [0.717, 1.165) is 0 Å². The van der Waals surface area contributed by atoms with E-state index in [1.165, 1.54) is 0 Å². The predicted molar refractivity (Wildman–Crippen MR) is 28.0 cm³/mol. The molecule has 0 unspecified atom stereocenters. The minimum Gasteiger partial charge on any atom is -0.344 e. The van der Waals surface area contributed by atoms with Crippen LogP contribution in [0.3, 0.4) is 0 Å². The van der Waals surface area contributed by atoms with E-state index in [0.29, 0.717) is 0 Å². The van der Waals surface area contributed by atoms with E-state index < -0.39 is 15.5 Å². The summed E-state index contributed by atoms with van der Waals surface area (Å²) < 4.78 is 31.6. The van der Waals surface area contributed by atoms with E-state index >= 15 is 0 Å². The molecule has 0 amide bonds. The molecule has 68 valence electrons. The van der Waals surface area contributed by atoms with Crippen LogP contribution in [0.2, 0.25) is 0 Å². The van der Waals surface area contributed by atoms with Crippen molar-refractivity contribution >= 4 is 10.4 Å². The Bertz CT molecular complexity index is 162. The molecule has 0 aromatic carbocycles. The van der Waals surface area contributed by atoms with E-state index in [2.05, 4.69) is 0 Å². The van der Waals surface area contributed by atoms with Gasteiger partial charge in [-0.3, -0.25) is 9.11 Å². The van der Waals surface area contributed by atoms with Crippen molar-refractivity contribution in [2.75, 3.05) is 0 Å². The topological polar surface area (TPSA) is 173 Å². The number of rotatable bonds is 0. The van der Waals surface area contributed by atoms with Crippen molar-refractivity contribution in [3.8, 4) is 0 Å². The Hall–Kier alpha value is 0.277. The molecule has 0 rings (SSSR count). The van der Waals surface area contributed by atoms with Gasteiger partial charge in [-0.25, -0.2) is 0 Å². The van der Waals surface area contributed by atoms with Crippen LogP contribution in [0, 0.1) is 10.1 Å². The van der Waals surface area contributed by atoms with Crippen molar-refractivity contribution < 1.29 is 66.8 Å². The first-order valence-electron chi connectivity index (χ1n) is 1.26. The maximum atomic E-state index is 8.74. The molecule has 0 saturated carbocycles. The molecule has 6 N–H and O–H groups in total. The quantitative estimate of drug-likeness (QED) is 0.194. The molecule has 0 aliphatic carbocycles. The monoisotopic (exact) mass is 306 g/mol. The van der Waals surface area contributed by atoms with Crippen LogP contribution in [0.1, 0.15) is 0 Å². The van der Waals surface area contributed by atoms with Gasteiger partial charge in [0.15, 0.2) is 0 Å². The van der Waals surface area contributed by atoms with Gasteiger partial charge in [-0.15, -0.1) is 10.1 Å². The molecular weight excluding hydrogens is 303 g/mol. The van der Waals surface area contributed by atoms with Crippen LogP contribution in [0.4, 0.5) is 0 Å². The number of hydrogen-bond acceptors (Lipinski definition) is 5. The Labute approximate surface area is 93.3 Å². The summed E-state index contributed by atoms with van der Waals surface area (Å²) in [5, 5.41) is 13.6. The maximum absolute atomic E-state index is 8.74. The van der Waals surface area contributed by atoms with Gasteiger partial charge in [-0.1, -0.05) is 0 Å². The SMILES string of the molecule is N.O=S(=O)(O)O.O=[N+]([O-])O.[Zn].[Zn]. The summed E-state index contributed by atoms with van der Waals surface area (Å²) in [6.07, 6.45) is 0. The van der Waals surface area contributed by atoms with Crippen LogP contribution in [-0.4, -0.2) is 27.8 Å². The summed E-state index contributed by atoms with van der Waals surface area (Å²) >= 11 is 0. The Morgan fingerprint density at radius 2 is 1.17 bits per heavy atom. The summed E-state index contributed by atoms with van der Waals surface area (Å²) in [5.74, 6) is 0. The van der Waals surface area contributed by atoms with E-state index in [1.54, 1.807) is 0 Å². The van der Waals surface area contributed by atoms with Crippen LogP contribution in [0.15, 0.2) is 0 Å². The molecule has 0 saturated heterocycles. The van der Waals surface area contributed by atoms with Gasteiger partial charge in [0.1, 0.15) is 0 Å². The van der Waals surface area contributed by atoms with Crippen molar-refractivity contribution in [1.29, 1.82) is 0 Å². The predicted octanol–water partition coefficient (Wildman–Crippen LogP) is -0.843. The van der Waals surface area contributed by atoms with Crippen LogP contribution >= 0.6 is 0 Å². The van der Waals surface area contributed by atoms with Crippen molar-refractivity contribution in [1.82, 2.24) is 6.15 Å². The molecule has 0 fully saturated rings. The third-order valence-corrected chi connectivity index (χ3v) is 0. The maximum Gasteiger partial charge on any atom is 0.394 e. The van der Waals surface area contributed by atoms with Crippen molar-refractivity contribution in [3.05, 3.63) is 10.1 Å². The summed E-state index contributed by atoms with van der Waals surface area (Å²) in [4.78, 5) is 8.36. The van der Waals surface area contributed by atoms with Gasteiger partial charge in [0.2, 0.25) is 0 Å². The van der Waals surface area contributed by atoms with Gasteiger partial charge in [0.25, 0.3) is 5.09 Å². The van der Waals surface area contributed by atoms with E-state index in [4.69, 9.17) is 32.8 Å². The third-order valence-electron chi connectivity index (χ3n) is 0. The van der Waals surface area contributed by atoms with Crippen LogP contribution in [0.5, 0.6) is 0 Å². The fourth-order valence-corrected chi connectivity index (χ4v) is 0. The van der Waals surface area contributed by atoms with Gasteiger partial charge in [-0.2, -0.15) is 8.42 Å². The minimum atomic E-state index is -4.67. The Morgan fingerprint density at radius 3 is 1.17 bits per heavy atom. The Kier molecular flexibility index (Phi) is 34.0. The molecule has 0 heterocycles. The molecule has 0 aliphatic heterocycles. The van der Waals surface area contributed by atoms with Gasteiger partial charge in [0, 0.05) is 39.0 Å². The second-order valence-electron chi connectivity index (χ2n) is 0.686. The average molecular weight is 309 g/mol. The molecule has 0 radical (unpaired) electrons. The molecule has 0 aliphatic rings. The number of nitrogens with zero attached hydrogens (tertiary/aromatic N) is 1. The number of hydrogen-bond donors (Lipinski definition) is 4. The molecule has 12 heteroatoms. The van der Waals surface area contributed by atoms with E-state index in [1.807, 2.05) is 0 Å². The second kappa shape index (κ2) is 13.8. The van der Waals surface area contributed by atoms with Crippen LogP contribution < -0.4 is 6.15 Å². The van der Waals surface area contributed by atoms with E-state index in [9.17, 15) is 0 Å². The zero-order chi connectivity index (χ0) is 8.08. The van der Waals surface area contributed by atoms with Crippen LogP contribution in [0.25, 0.3) is 0 Å². The van der Waals surface area contributed by atoms with Gasteiger partial charge >= 0.3 is 10.4 Å². The Balaban J connectivity index is -0.0000000221. The first-order chi connectivity index (χ1) is 3.73. The van der Waals surface area contributed by atoms with Gasteiger partial charge in [0.05, 0.1) is 0 Å². The molecule has 0 aromatic rings. The third kappa shape index (κ3) is 11500. The zero-order valence-electron chi connectivity index (χ0n) is 5.95. The van der Waals surface area contributed by atoms with Gasteiger partial charge < -0.3 is 11.4 Å². The fraction of sp³-hybridized carbons (Fsp3) is 0. The molecule has 0 bridgehead atoms.